The molecule has 0 aromatic rings. The van der Waals surface area contributed by atoms with Gasteiger partial charge in [0.1, 0.15) is 0 Å². The molecule has 0 aromatic heterocycles. The van der Waals surface area contributed by atoms with Crippen LogP contribution in [0.3, 0.4) is 0 Å². The lowest BCUT2D eigenvalue weighted by Crippen LogP contribution is -2.50. The van der Waals surface area contributed by atoms with Gasteiger partial charge in [-0.15, -0.1) is 0 Å². The number of nitrogens with zero attached hydrogens (tertiary/aromatic N) is 2. The average Bonchev–Trinajstić information content (AvgIpc) is 2.44. The molecule has 0 radical (unpaired) electrons. The molecule has 0 atom stereocenters. The van der Waals surface area contributed by atoms with Crippen LogP contribution in [0.5, 0.6) is 0 Å². The largest absolute Gasteiger partial charge is 0.339 e. The van der Waals surface area contributed by atoms with Gasteiger partial charge in [-0.05, 0) is 18.9 Å². The molecule has 4 N–H and O–H groups in total. The standard InChI is InChI=1S/C11H22N4O2.C4H10/c12-4-1-2-10(16)14-6-8-15(9-7-14)11(17)3-5-13;1-4(2)3/h1-9,12-13H2;4H,1-3H3. The molecule has 1 saturated heterocycles. The summed E-state index contributed by atoms with van der Waals surface area (Å²) in [5.74, 6) is 1.06. The molecule has 0 bridgehead atoms. The van der Waals surface area contributed by atoms with Gasteiger partial charge in [0.05, 0.1) is 0 Å². The van der Waals surface area contributed by atoms with Gasteiger partial charge in [-0.3, -0.25) is 9.59 Å². The summed E-state index contributed by atoms with van der Waals surface area (Å²) in [6.45, 7) is 9.91. The smallest absolute Gasteiger partial charge is 0.223 e. The van der Waals surface area contributed by atoms with Crippen molar-refractivity contribution in [1.82, 2.24) is 9.80 Å². The van der Waals surface area contributed by atoms with Gasteiger partial charge in [-0.25, -0.2) is 0 Å². The number of hydrogen-bond acceptors (Lipinski definition) is 4. The van der Waals surface area contributed by atoms with Gasteiger partial charge in [0, 0.05) is 45.6 Å². The Morgan fingerprint density at radius 3 is 1.57 bits per heavy atom. The van der Waals surface area contributed by atoms with Crippen LogP contribution >= 0.6 is 0 Å². The zero-order valence-electron chi connectivity index (χ0n) is 13.8. The van der Waals surface area contributed by atoms with Crippen LogP contribution in [0.1, 0.15) is 40.0 Å². The molecule has 1 rings (SSSR count). The fraction of sp³-hybridized carbons (Fsp3) is 0.867. The van der Waals surface area contributed by atoms with Crippen LogP contribution < -0.4 is 11.5 Å². The van der Waals surface area contributed by atoms with Crippen molar-refractivity contribution < 1.29 is 9.59 Å². The lowest BCUT2D eigenvalue weighted by Gasteiger charge is -2.34. The minimum atomic E-state index is 0.0848. The molecule has 21 heavy (non-hydrogen) atoms. The molecule has 0 aromatic carbocycles. The van der Waals surface area contributed by atoms with Gasteiger partial charge >= 0.3 is 0 Å². The molecule has 1 aliphatic heterocycles. The van der Waals surface area contributed by atoms with Gasteiger partial charge in [-0.2, -0.15) is 0 Å². The molecule has 0 unspecified atom stereocenters. The lowest BCUT2D eigenvalue weighted by atomic mass is 10.2. The van der Waals surface area contributed by atoms with E-state index in [4.69, 9.17) is 11.5 Å². The zero-order chi connectivity index (χ0) is 16.3. The number of carbonyl (C=O) groups excluding carboxylic acids is 2. The number of carbonyl (C=O) groups is 2. The number of piperazine rings is 1. The van der Waals surface area contributed by atoms with Crippen molar-refractivity contribution >= 4 is 11.8 Å². The molecule has 124 valence electrons. The van der Waals surface area contributed by atoms with Gasteiger partial charge in [-0.1, -0.05) is 20.8 Å². The fourth-order valence-electron chi connectivity index (χ4n) is 1.90. The first-order valence-electron chi connectivity index (χ1n) is 7.88. The molecule has 2 amide bonds. The van der Waals surface area contributed by atoms with Crippen LogP contribution in [0.25, 0.3) is 0 Å². The number of nitrogens with two attached hydrogens (primary N) is 2. The third-order valence-corrected chi connectivity index (χ3v) is 2.94. The number of rotatable bonds is 5. The molecule has 0 spiro atoms. The van der Waals surface area contributed by atoms with E-state index in [-0.39, 0.29) is 11.8 Å². The highest BCUT2D eigenvalue weighted by Crippen LogP contribution is 2.06. The zero-order valence-corrected chi connectivity index (χ0v) is 13.8. The molecule has 1 aliphatic rings. The molecule has 6 heteroatoms. The highest BCUT2D eigenvalue weighted by molar-refractivity contribution is 5.78. The van der Waals surface area contributed by atoms with E-state index >= 15 is 0 Å². The average molecular weight is 300 g/mol. The third-order valence-electron chi connectivity index (χ3n) is 2.94. The predicted molar refractivity (Wildman–Crippen MR) is 85.6 cm³/mol. The SMILES string of the molecule is CC(C)C.NCCCC(=O)N1CCN(C(=O)CCN)CC1. The van der Waals surface area contributed by atoms with Gasteiger partial charge < -0.3 is 21.3 Å². The van der Waals surface area contributed by atoms with E-state index in [1.165, 1.54) is 0 Å². The summed E-state index contributed by atoms with van der Waals surface area (Å²) in [6.07, 6.45) is 1.62. The number of hydrogen-bond donors (Lipinski definition) is 2. The molecular weight excluding hydrogens is 268 g/mol. The molecular formula is C15H32N4O2. The highest BCUT2D eigenvalue weighted by atomic mass is 16.2. The van der Waals surface area contributed by atoms with Crippen LogP contribution in [0, 0.1) is 5.92 Å². The molecule has 0 saturated carbocycles. The Morgan fingerprint density at radius 1 is 0.857 bits per heavy atom. The first-order chi connectivity index (χ1) is 9.92. The van der Waals surface area contributed by atoms with Crippen molar-refractivity contribution in [2.45, 2.75) is 40.0 Å². The minimum Gasteiger partial charge on any atom is -0.339 e. The summed E-state index contributed by atoms with van der Waals surface area (Å²) in [6, 6.07) is 0. The maximum absolute atomic E-state index is 11.7. The van der Waals surface area contributed by atoms with E-state index in [9.17, 15) is 9.59 Å². The van der Waals surface area contributed by atoms with E-state index in [0.29, 0.717) is 52.1 Å². The maximum atomic E-state index is 11.7. The Kier molecular flexibility index (Phi) is 10.9. The Balaban J connectivity index is 0.000000885. The van der Waals surface area contributed by atoms with Gasteiger partial charge in [0.2, 0.25) is 11.8 Å². The molecule has 1 heterocycles. The Morgan fingerprint density at radius 2 is 1.24 bits per heavy atom. The molecule has 6 nitrogen and oxygen atoms in total. The summed E-state index contributed by atoms with van der Waals surface area (Å²) in [7, 11) is 0. The molecule has 1 fully saturated rings. The predicted octanol–water partition coefficient (Wildman–Crippen LogP) is 0.407. The van der Waals surface area contributed by atoms with Crippen molar-refractivity contribution in [3.05, 3.63) is 0 Å². The summed E-state index contributed by atoms with van der Waals surface area (Å²) in [5.41, 5.74) is 10.7. The van der Waals surface area contributed by atoms with Crippen LogP contribution in [-0.2, 0) is 9.59 Å². The van der Waals surface area contributed by atoms with Crippen LogP contribution in [0.2, 0.25) is 0 Å². The van der Waals surface area contributed by atoms with Gasteiger partial charge in [0.15, 0.2) is 0 Å². The van der Waals surface area contributed by atoms with Crippen molar-refractivity contribution in [2.24, 2.45) is 17.4 Å². The summed E-state index contributed by atoms with van der Waals surface area (Å²) in [5, 5.41) is 0. The maximum Gasteiger partial charge on any atom is 0.223 e. The minimum absolute atomic E-state index is 0.0848. The summed E-state index contributed by atoms with van der Waals surface area (Å²) < 4.78 is 0. The van der Waals surface area contributed by atoms with Crippen molar-refractivity contribution in [2.75, 3.05) is 39.3 Å². The third kappa shape index (κ3) is 9.42. The van der Waals surface area contributed by atoms with E-state index in [1.54, 1.807) is 4.90 Å². The topological polar surface area (TPSA) is 92.7 Å². The van der Waals surface area contributed by atoms with E-state index in [1.807, 2.05) is 4.90 Å². The normalized spacial score (nSPS) is 14.8. The summed E-state index contributed by atoms with van der Waals surface area (Å²) in [4.78, 5) is 26.9. The van der Waals surface area contributed by atoms with E-state index in [0.717, 1.165) is 12.3 Å². The Bertz CT molecular complexity index is 297. The van der Waals surface area contributed by atoms with Crippen LogP contribution in [0.15, 0.2) is 0 Å². The second kappa shape index (κ2) is 11.5. The van der Waals surface area contributed by atoms with Crippen molar-refractivity contribution in [3.8, 4) is 0 Å². The van der Waals surface area contributed by atoms with E-state index in [2.05, 4.69) is 20.8 Å². The number of amides is 2. The lowest BCUT2D eigenvalue weighted by molar-refractivity contribution is -0.139. The van der Waals surface area contributed by atoms with Gasteiger partial charge in [0.25, 0.3) is 0 Å². The Labute approximate surface area is 128 Å². The second-order valence-corrected chi connectivity index (χ2v) is 5.92. The van der Waals surface area contributed by atoms with E-state index < -0.39 is 0 Å². The molecule has 0 aliphatic carbocycles. The quantitative estimate of drug-likeness (QED) is 0.769. The second-order valence-electron chi connectivity index (χ2n) is 5.92. The van der Waals surface area contributed by atoms with Crippen LogP contribution in [-0.4, -0.2) is 60.9 Å². The highest BCUT2D eigenvalue weighted by Gasteiger charge is 2.22. The Hall–Kier alpha value is -1.14. The van der Waals surface area contributed by atoms with Crippen LogP contribution in [0.4, 0.5) is 0 Å². The van der Waals surface area contributed by atoms with Crippen molar-refractivity contribution in [3.63, 3.8) is 0 Å². The monoisotopic (exact) mass is 300 g/mol. The fourth-order valence-corrected chi connectivity index (χ4v) is 1.90. The first kappa shape index (κ1) is 19.9. The van der Waals surface area contributed by atoms with Crippen molar-refractivity contribution in [1.29, 1.82) is 0 Å². The summed E-state index contributed by atoms with van der Waals surface area (Å²) >= 11 is 0. The first-order valence-corrected chi connectivity index (χ1v) is 7.88.